The van der Waals surface area contributed by atoms with Gasteiger partial charge in [0.1, 0.15) is 0 Å². The first-order chi connectivity index (χ1) is 16.6. The van der Waals surface area contributed by atoms with Gasteiger partial charge in [0, 0.05) is 45.0 Å². The maximum atomic E-state index is 12.8. The van der Waals surface area contributed by atoms with E-state index in [9.17, 15) is 14.4 Å². The summed E-state index contributed by atoms with van der Waals surface area (Å²) in [5, 5.41) is 7.84. The van der Waals surface area contributed by atoms with E-state index in [1.165, 1.54) is 18.2 Å². The lowest BCUT2D eigenvalue weighted by molar-refractivity contribution is 0.0818. The number of aryl methyl sites for hydroxylation is 2. The van der Waals surface area contributed by atoms with Gasteiger partial charge in [0.2, 0.25) is 10.9 Å². The number of hydrogen-bond donors (Lipinski definition) is 1. The minimum absolute atomic E-state index is 0.00417. The van der Waals surface area contributed by atoms with Gasteiger partial charge in [-0.25, -0.2) is 4.98 Å². The fourth-order valence-corrected chi connectivity index (χ4v) is 5.39. The number of aromatic nitrogens is 3. The van der Waals surface area contributed by atoms with E-state index in [1.807, 2.05) is 24.9 Å². The average molecular weight is 480 g/mol. The summed E-state index contributed by atoms with van der Waals surface area (Å²) >= 11 is 0. The summed E-state index contributed by atoms with van der Waals surface area (Å²) in [6, 6.07) is 1.63. The Morgan fingerprint density at radius 2 is 1.94 bits per heavy atom. The summed E-state index contributed by atoms with van der Waals surface area (Å²) in [7, 11) is 6.60. The van der Waals surface area contributed by atoms with Crippen LogP contribution < -0.4 is 20.9 Å². The summed E-state index contributed by atoms with van der Waals surface area (Å²) in [5.74, 6) is -0.0825. The molecule has 1 aromatic carbocycles. The molecule has 1 fully saturated rings. The molecule has 186 valence electrons. The quantitative estimate of drug-likeness (QED) is 0.495. The molecule has 4 rings (SSSR count). The molecule has 1 aliphatic carbocycles. The highest BCUT2D eigenvalue weighted by Crippen LogP contribution is 2.50. The Bertz CT molecular complexity index is 1330. The predicted molar refractivity (Wildman–Crippen MR) is 134 cm³/mol. The molecular formula is C26H33N5O4. The second-order valence-corrected chi connectivity index (χ2v) is 10.1. The Balaban J connectivity index is 1.72. The van der Waals surface area contributed by atoms with E-state index in [4.69, 9.17) is 9.84 Å². The normalized spacial score (nSPS) is 15.8. The minimum Gasteiger partial charge on any atom is -0.492 e. The summed E-state index contributed by atoms with van der Waals surface area (Å²) in [4.78, 5) is 43.6. The minimum atomic E-state index is -0.563. The molecular weight excluding hydrogens is 446 g/mol. The maximum absolute atomic E-state index is 12.8. The molecule has 1 aliphatic rings. The monoisotopic (exact) mass is 479 g/mol. The van der Waals surface area contributed by atoms with E-state index < -0.39 is 10.9 Å². The molecule has 9 nitrogen and oxygen atoms in total. The van der Waals surface area contributed by atoms with Crippen molar-refractivity contribution in [1.29, 1.82) is 0 Å². The molecule has 1 atom stereocenters. The first-order valence-corrected chi connectivity index (χ1v) is 11.9. The van der Waals surface area contributed by atoms with Crippen molar-refractivity contribution in [3.05, 3.63) is 61.4 Å². The number of anilines is 2. The Hall–Kier alpha value is -3.49. The van der Waals surface area contributed by atoms with Crippen LogP contribution in [0.2, 0.25) is 0 Å². The third kappa shape index (κ3) is 4.35. The fourth-order valence-electron chi connectivity index (χ4n) is 5.39. The molecule has 2 heterocycles. The van der Waals surface area contributed by atoms with Gasteiger partial charge in [-0.05, 0) is 43.2 Å². The van der Waals surface area contributed by atoms with Crippen LogP contribution in [-0.4, -0.2) is 46.8 Å². The number of amides is 1. The van der Waals surface area contributed by atoms with E-state index in [0.717, 1.165) is 36.9 Å². The first kappa shape index (κ1) is 24.6. The van der Waals surface area contributed by atoms with Gasteiger partial charge in [-0.2, -0.15) is 5.10 Å². The number of rotatable bonds is 8. The fraction of sp³-hybridized carbons (Fsp3) is 0.500. The van der Waals surface area contributed by atoms with Crippen molar-refractivity contribution in [2.24, 2.45) is 12.5 Å². The van der Waals surface area contributed by atoms with Crippen LogP contribution in [-0.2, 0) is 13.5 Å². The van der Waals surface area contributed by atoms with Gasteiger partial charge in [-0.15, -0.1) is 0 Å². The number of ether oxygens (including phenoxy) is 1. The highest BCUT2D eigenvalue weighted by molar-refractivity contribution is 5.97. The third-order valence-electron chi connectivity index (χ3n) is 7.36. The van der Waals surface area contributed by atoms with Crippen LogP contribution in [0.3, 0.4) is 0 Å². The average Bonchev–Trinajstić information content (AvgIpc) is 3.42. The molecule has 0 unspecified atom stereocenters. The van der Waals surface area contributed by atoms with Crippen LogP contribution >= 0.6 is 0 Å². The van der Waals surface area contributed by atoms with E-state index in [-0.39, 0.29) is 34.4 Å². The second kappa shape index (κ2) is 9.28. The number of pyridine rings is 1. The molecule has 9 heteroatoms. The van der Waals surface area contributed by atoms with Crippen molar-refractivity contribution in [2.45, 2.75) is 51.9 Å². The van der Waals surface area contributed by atoms with Crippen molar-refractivity contribution < 1.29 is 9.53 Å². The second-order valence-electron chi connectivity index (χ2n) is 10.1. The van der Waals surface area contributed by atoms with Crippen LogP contribution in [0.15, 0.2) is 28.0 Å². The maximum Gasteiger partial charge on any atom is 0.275 e. The highest BCUT2D eigenvalue weighted by atomic mass is 16.5. The zero-order valence-corrected chi connectivity index (χ0v) is 21.3. The van der Waals surface area contributed by atoms with Crippen LogP contribution in [0, 0.1) is 12.3 Å². The Labute approximate surface area is 204 Å². The summed E-state index contributed by atoms with van der Waals surface area (Å²) in [5.41, 5.74) is 2.30. The van der Waals surface area contributed by atoms with Crippen LogP contribution in [0.1, 0.15) is 65.8 Å². The lowest BCUT2D eigenvalue weighted by Gasteiger charge is -2.34. The van der Waals surface area contributed by atoms with Gasteiger partial charge >= 0.3 is 0 Å². The van der Waals surface area contributed by atoms with Crippen LogP contribution in [0.25, 0.3) is 0 Å². The van der Waals surface area contributed by atoms with Crippen molar-refractivity contribution in [3.63, 3.8) is 0 Å². The van der Waals surface area contributed by atoms with E-state index >= 15 is 0 Å². The zero-order valence-electron chi connectivity index (χ0n) is 21.3. The standard InChI is InChI=1S/C26H33N5O4/c1-15-14-31(5)29-19(15)17(26(2)10-7-8-11-26)13-16-20(23(33)22(16)32)28-18-9-12-27-21(24(18)35-6)25(34)30(3)4/h9,12,14,17H,7-8,10-11,13H2,1-6H3,(H,27,28)/t17-/m0/s1. The molecule has 1 N–H and O–H groups in total. The Kier molecular flexibility index (Phi) is 6.53. The van der Waals surface area contributed by atoms with Gasteiger partial charge < -0.3 is 15.0 Å². The van der Waals surface area contributed by atoms with Crippen LogP contribution in [0.4, 0.5) is 11.4 Å². The number of hydrogen-bond acceptors (Lipinski definition) is 7. The molecule has 0 radical (unpaired) electrons. The van der Waals surface area contributed by atoms with Crippen molar-refractivity contribution in [3.8, 4) is 5.75 Å². The largest absolute Gasteiger partial charge is 0.492 e. The molecule has 0 aliphatic heterocycles. The number of nitrogens with one attached hydrogen (secondary N) is 1. The molecule has 2 aromatic heterocycles. The molecule has 1 saturated carbocycles. The van der Waals surface area contributed by atoms with Gasteiger partial charge in [0.05, 0.1) is 24.2 Å². The predicted octanol–water partition coefficient (Wildman–Crippen LogP) is 3.08. The first-order valence-electron chi connectivity index (χ1n) is 11.9. The smallest absolute Gasteiger partial charge is 0.275 e. The van der Waals surface area contributed by atoms with Gasteiger partial charge in [-0.3, -0.25) is 19.1 Å². The van der Waals surface area contributed by atoms with Gasteiger partial charge in [0.25, 0.3) is 5.91 Å². The zero-order chi connectivity index (χ0) is 25.5. The molecule has 0 saturated heterocycles. The van der Waals surface area contributed by atoms with Gasteiger partial charge in [-0.1, -0.05) is 19.8 Å². The SMILES string of the molecule is COc1c(Nc2c(C[C@@H](c3nn(C)cc3C)C3(C)CCCC3)c(=O)c2=O)ccnc1C(=O)N(C)C. The third-order valence-corrected chi connectivity index (χ3v) is 7.36. The molecule has 0 spiro atoms. The van der Waals surface area contributed by atoms with Crippen molar-refractivity contribution in [2.75, 3.05) is 26.5 Å². The molecule has 35 heavy (non-hydrogen) atoms. The highest BCUT2D eigenvalue weighted by Gasteiger charge is 2.41. The van der Waals surface area contributed by atoms with E-state index in [1.54, 1.807) is 20.2 Å². The van der Waals surface area contributed by atoms with E-state index in [0.29, 0.717) is 17.7 Å². The van der Waals surface area contributed by atoms with Crippen molar-refractivity contribution in [1.82, 2.24) is 19.7 Å². The van der Waals surface area contributed by atoms with Crippen LogP contribution in [0.5, 0.6) is 5.75 Å². The topological polar surface area (TPSA) is 106 Å². The van der Waals surface area contributed by atoms with Gasteiger partial charge in [0.15, 0.2) is 11.4 Å². The number of carbonyl (C=O) groups is 1. The number of methoxy groups -OCH3 is 1. The summed E-state index contributed by atoms with van der Waals surface area (Å²) in [6.45, 7) is 4.31. The number of nitrogens with zero attached hydrogens (tertiary/aromatic N) is 4. The summed E-state index contributed by atoms with van der Waals surface area (Å²) < 4.78 is 7.28. The lowest BCUT2D eigenvalue weighted by Crippen LogP contribution is -2.40. The molecule has 0 bridgehead atoms. The summed E-state index contributed by atoms with van der Waals surface area (Å²) in [6.07, 6.45) is 8.30. The Morgan fingerprint density at radius 1 is 1.26 bits per heavy atom. The molecule has 3 aromatic rings. The van der Waals surface area contributed by atoms with E-state index in [2.05, 4.69) is 17.2 Å². The Morgan fingerprint density at radius 3 is 2.51 bits per heavy atom. The lowest BCUT2D eigenvalue weighted by atomic mass is 9.70. The molecule has 1 amide bonds. The van der Waals surface area contributed by atoms with Crippen molar-refractivity contribution >= 4 is 17.3 Å². The number of carbonyl (C=O) groups excluding carboxylic acids is 1.